The van der Waals surface area contributed by atoms with Crippen LogP contribution in [0, 0.1) is 0 Å². The summed E-state index contributed by atoms with van der Waals surface area (Å²) in [6.07, 6.45) is 39.9. The first kappa shape index (κ1) is 42.8. The lowest BCUT2D eigenvalue weighted by Crippen LogP contribution is -2.42. The van der Waals surface area contributed by atoms with Gasteiger partial charge >= 0.3 is 0 Å². The van der Waals surface area contributed by atoms with Crippen molar-refractivity contribution in [2.24, 2.45) is 0 Å². The molecule has 0 radical (unpaired) electrons. The molecule has 0 amide bonds. The largest absolute Gasteiger partial charge is 0.295 e. The van der Waals surface area contributed by atoms with Gasteiger partial charge in [-0.3, -0.25) is 8.97 Å². The fourth-order valence-electron chi connectivity index (χ4n) is 7.98. The number of hydrogen-bond donors (Lipinski definition) is 0. The van der Waals surface area contributed by atoms with Gasteiger partial charge in [-0.2, -0.15) is 0 Å². The zero-order chi connectivity index (χ0) is 34.8. The third-order valence-electron chi connectivity index (χ3n) is 11.3. The van der Waals surface area contributed by atoms with Crippen LogP contribution in [0.15, 0.2) is 36.4 Å². The minimum atomic E-state index is 0.978. The van der Waals surface area contributed by atoms with Crippen molar-refractivity contribution in [2.45, 2.75) is 194 Å². The summed E-state index contributed by atoms with van der Waals surface area (Å²) in [5.74, 6) is 0. The van der Waals surface area contributed by atoms with E-state index in [2.05, 4.69) is 78.4 Å². The lowest BCUT2D eigenvalue weighted by atomic mass is 10.0. The predicted molar refractivity (Wildman–Crippen MR) is 222 cm³/mol. The number of nitrogens with zero attached hydrogens (tertiary/aromatic N) is 2. The van der Waals surface area contributed by atoms with E-state index in [1.54, 1.807) is 0 Å². The van der Waals surface area contributed by atoms with Crippen LogP contribution in [0.1, 0.15) is 194 Å². The smallest absolute Gasteiger partial charge is 0.140 e. The Balaban J connectivity index is 1.68. The molecule has 2 aromatic rings. The van der Waals surface area contributed by atoms with Crippen molar-refractivity contribution in [3.8, 4) is 0 Å². The second-order valence-electron chi connectivity index (χ2n) is 16.7. The molecule has 0 fully saturated rings. The zero-order valence-corrected chi connectivity index (χ0v) is 33.6. The van der Waals surface area contributed by atoms with E-state index in [0.29, 0.717) is 0 Å². The molecule has 0 bridgehead atoms. The monoisotopic (exact) mass is 665 g/mol. The van der Waals surface area contributed by atoms with Crippen molar-refractivity contribution in [3.05, 3.63) is 36.4 Å². The molecular formula is C46H84N2+2. The van der Waals surface area contributed by atoms with Crippen LogP contribution in [-0.2, 0) is 0 Å². The topological polar surface area (TPSA) is 0 Å². The zero-order valence-electron chi connectivity index (χ0n) is 33.6. The lowest BCUT2D eigenvalue weighted by Gasteiger charge is -2.33. The Morgan fingerprint density at radius 1 is 0.312 bits per heavy atom. The molecule has 0 spiro atoms. The summed E-state index contributed by atoms with van der Waals surface area (Å²) in [6, 6.07) is 14.2. The van der Waals surface area contributed by atoms with Gasteiger partial charge in [0.2, 0.25) is 0 Å². The quantitative estimate of drug-likeness (QED) is 0.0539. The van der Waals surface area contributed by atoms with E-state index in [1.165, 1.54) is 215 Å². The van der Waals surface area contributed by atoms with Gasteiger partial charge in [-0.05, 0) is 49.9 Å². The molecule has 0 N–H and O–H groups in total. The van der Waals surface area contributed by atoms with Gasteiger partial charge in [0.05, 0.1) is 41.3 Å². The average Bonchev–Trinajstić information content (AvgIpc) is 3.08. The van der Waals surface area contributed by atoms with Crippen LogP contribution in [0.3, 0.4) is 0 Å². The Morgan fingerprint density at radius 2 is 0.542 bits per heavy atom. The fourth-order valence-corrected chi connectivity index (χ4v) is 7.98. The summed E-state index contributed by atoms with van der Waals surface area (Å²) >= 11 is 0. The average molecular weight is 665 g/mol. The number of rotatable bonds is 32. The van der Waals surface area contributed by atoms with Gasteiger partial charge in [-0.15, -0.1) is 0 Å². The van der Waals surface area contributed by atoms with Gasteiger partial charge in [0.1, 0.15) is 11.4 Å². The molecule has 0 aliphatic rings. The highest BCUT2D eigenvalue weighted by Crippen LogP contribution is 2.37. The summed E-state index contributed by atoms with van der Waals surface area (Å²) in [6.45, 7) is 7.06. The molecule has 2 aromatic carbocycles. The molecule has 0 unspecified atom stereocenters. The summed E-state index contributed by atoms with van der Waals surface area (Å²) in [5, 5.41) is 2.91. The lowest BCUT2D eigenvalue weighted by molar-refractivity contribution is 0.381. The fraction of sp³-hybridized carbons (Fsp3) is 0.783. The van der Waals surface area contributed by atoms with Gasteiger partial charge in [0.25, 0.3) is 0 Å². The Morgan fingerprint density at radius 3 is 0.792 bits per heavy atom. The van der Waals surface area contributed by atoms with Crippen LogP contribution in [0.4, 0.5) is 11.4 Å². The normalized spacial score (nSPS) is 12.4. The molecule has 2 nitrogen and oxygen atoms in total. The number of fused-ring (bicyclic) bond motifs is 1. The highest BCUT2D eigenvalue weighted by molar-refractivity contribution is 6.00. The van der Waals surface area contributed by atoms with Crippen LogP contribution >= 0.6 is 0 Å². The molecular weight excluding hydrogens is 581 g/mol. The van der Waals surface area contributed by atoms with Crippen molar-refractivity contribution >= 4 is 22.1 Å². The highest BCUT2D eigenvalue weighted by Gasteiger charge is 2.26. The van der Waals surface area contributed by atoms with Crippen molar-refractivity contribution in [3.63, 3.8) is 0 Å². The second-order valence-corrected chi connectivity index (χ2v) is 16.7. The third-order valence-corrected chi connectivity index (χ3v) is 11.3. The van der Waals surface area contributed by atoms with E-state index in [1.807, 2.05) is 0 Å². The molecule has 48 heavy (non-hydrogen) atoms. The van der Waals surface area contributed by atoms with Crippen LogP contribution in [0.25, 0.3) is 10.8 Å². The summed E-state index contributed by atoms with van der Waals surface area (Å²) in [7, 11) is 9.72. The van der Waals surface area contributed by atoms with Crippen LogP contribution in [0.2, 0.25) is 0 Å². The summed E-state index contributed by atoms with van der Waals surface area (Å²) in [5.41, 5.74) is 2.97. The molecule has 0 heterocycles. The minimum absolute atomic E-state index is 0.978. The van der Waals surface area contributed by atoms with Crippen LogP contribution in [0.5, 0.6) is 0 Å². The SMILES string of the molecule is CCCCCCCCCCCCCCCC[N+](C)(C)c1cccc2c([N+](C)(C)CCCCCCCCCCCCCCCC)cccc12. The van der Waals surface area contributed by atoms with E-state index in [0.717, 1.165) is 8.97 Å². The van der Waals surface area contributed by atoms with Crippen LogP contribution < -0.4 is 8.97 Å². The van der Waals surface area contributed by atoms with E-state index < -0.39 is 0 Å². The van der Waals surface area contributed by atoms with Crippen molar-refractivity contribution in [1.29, 1.82) is 0 Å². The van der Waals surface area contributed by atoms with Crippen LogP contribution in [-0.4, -0.2) is 41.3 Å². The van der Waals surface area contributed by atoms with E-state index >= 15 is 0 Å². The maximum Gasteiger partial charge on any atom is 0.140 e. The molecule has 0 aromatic heterocycles. The first-order chi connectivity index (χ1) is 23.3. The molecule has 2 heteroatoms. The Labute approximate surface area is 301 Å². The van der Waals surface area contributed by atoms with Crippen molar-refractivity contribution in [1.82, 2.24) is 8.97 Å². The van der Waals surface area contributed by atoms with Crippen molar-refractivity contribution in [2.75, 3.05) is 41.3 Å². The maximum atomic E-state index is 2.43. The van der Waals surface area contributed by atoms with Gasteiger partial charge in [-0.1, -0.05) is 180 Å². The Bertz CT molecular complexity index is 954. The summed E-state index contributed by atoms with van der Waals surface area (Å²) in [4.78, 5) is 0. The summed E-state index contributed by atoms with van der Waals surface area (Å²) < 4.78 is 1.96. The molecule has 276 valence electrons. The van der Waals surface area contributed by atoms with Crippen molar-refractivity contribution < 1.29 is 0 Å². The van der Waals surface area contributed by atoms with E-state index in [-0.39, 0.29) is 0 Å². The van der Waals surface area contributed by atoms with Gasteiger partial charge in [0, 0.05) is 10.8 Å². The number of quaternary nitrogens is 2. The molecule has 0 saturated heterocycles. The van der Waals surface area contributed by atoms with E-state index in [4.69, 9.17) is 0 Å². The Hall–Kier alpha value is -1.38. The van der Waals surface area contributed by atoms with E-state index in [9.17, 15) is 0 Å². The molecule has 0 saturated carbocycles. The number of hydrogen-bond acceptors (Lipinski definition) is 0. The number of benzene rings is 2. The second kappa shape index (κ2) is 26.4. The van der Waals surface area contributed by atoms with Gasteiger partial charge < -0.3 is 0 Å². The third kappa shape index (κ3) is 18.0. The maximum absolute atomic E-state index is 2.43. The first-order valence-corrected chi connectivity index (χ1v) is 21.5. The number of unbranched alkanes of at least 4 members (excludes halogenated alkanes) is 26. The molecule has 2 rings (SSSR count). The molecule has 0 aliphatic carbocycles. The van der Waals surface area contributed by atoms with Gasteiger partial charge in [-0.25, -0.2) is 0 Å². The first-order valence-electron chi connectivity index (χ1n) is 21.5. The standard InChI is InChI=1S/C46H84N2/c1-7-9-11-13-15-17-19-21-23-25-27-29-31-33-41-47(3,4)45-39-35-38-44-43(45)37-36-40-46(44)48(5,6)42-34-32-30-28-26-24-22-20-18-16-14-12-10-8-2/h35-40H,7-34,41-42H2,1-6H3/q+2. The minimum Gasteiger partial charge on any atom is -0.295 e. The molecule has 0 aliphatic heterocycles. The predicted octanol–water partition coefficient (Wildman–Crippen LogP) is 14.9. The highest BCUT2D eigenvalue weighted by atomic mass is 15.3. The molecule has 0 atom stereocenters. The van der Waals surface area contributed by atoms with Gasteiger partial charge in [0.15, 0.2) is 0 Å². The Kier molecular flexibility index (Phi) is 23.6.